The Balaban J connectivity index is 3.56. The van der Waals surface area contributed by atoms with Gasteiger partial charge in [0.15, 0.2) is 0 Å². The molecule has 0 saturated heterocycles. The lowest BCUT2D eigenvalue weighted by atomic mass is 10.3. The molecular weight excluding hydrogens is 264 g/mol. The fourth-order valence-electron chi connectivity index (χ4n) is 1.26. The van der Waals surface area contributed by atoms with E-state index in [1.165, 1.54) is 0 Å². The second-order valence-corrected chi connectivity index (χ2v) is 4.61. The quantitative estimate of drug-likeness (QED) is 0.539. The molecule has 0 aliphatic carbocycles. The highest BCUT2D eigenvalue weighted by Crippen LogP contribution is 2.01. The fourth-order valence-corrected chi connectivity index (χ4v) is 1.26. The number of esters is 2. The smallest absolute Gasteiger partial charge is 0.306 e. The summed E-state index contributed by atoms with van der Waals surface area (Å²) < 4.78 is 20.0. The molecule has 0 unspecified atom stereocenters. The molecule has 6 nitrogen and oxygen atoms in total. The molecule has 0 aliphatic heterocycles. The molecule has 118 valence electrons. The Morgan fingerprint density at radius 3 is 1.45 bits per heavy atom. The van der Waals surface area contributed by atoms with E-state index in [9.17, 15) is 9.59 Å². The van der Waals surface area contributed by atoms with E-state index in [-0.39, 0.29) is 25.0 Å². The number of hydrogen-bond acceptors (Lipinski definition) is 6. The van der Waals surface area contributed by atoms with Crippen LogP contribution < -0.4 is 0 Å². The van der Waals surface area contributed by atoms with Gasteiger partial charge in [-0.05, 0) is 13.8 Å². The molecule has 0 radical (unpaired) electrons. The molecule has 0 N–H and O–H groups in total. The Kier molecular flexibility index (Phi) is 11.0. The van der Waals surface area contributed by atoms with Crippen LogP contribution in [0, 0.1) is 0 Å². The zero-order chi connectivity index (χ0) is 15.4. The third kappa shape index (κ3) is 10.8. The first-order chi connectivity index (χ1) is 9.49. The van der Waals surface area contributed by atoms with Crippen molar-refractivity contribution in [1.29, 1.82) is 0 Å². The molecule has 2 atom stereocenters. The van der Waals surface area contributed by atoms with E-state index >= 15 is 0 Å². The minimum Gasteiger partial charge on any atom is -0.466 e. The van der Waals surface area contributed by atoms with Crippen LogP contribution in [0.25, 0.3) is 0 Å². The van der Waals surface area contributed by atoms with Gasteiger partial charge in [-0.2, -0.15) is 0 Å². The second kappa shape index (κ2) is 11.7. The number of ether oxygens (including phenoxy) is 4. The SMILES string of the molecule is CO[C@@H](C)CCOC(=O)CCC(=O)OCC[C@H](C)OC. The fraction of sp³-hybridized carbons (Fsp3) is 0.857. The van der Waals surface area contributed by atoms with Gasteiger partial charge in [0.1, 0.15) is 0 Å². The van der Waals surface area contributed by atoms with E-state index in [1.54, 1.807) is 14.2 Å². The van der Waals surface area contributed by atoms with Gasteiger partial charge in [-0.25, -0.2) is 0 Å². The van der Waals surface area contributed by atoms with E-state index in [0.29, 0.717) is 26.1 Å². The van der Waals surface area contributed by atoms with Gasteiger partial charge in [0.05, 0.1) is 38.3 Å². The summed E-state index contributed by atoms with van der Waals surface area (Å²) in [5.74, 6) is -0.786. The Bertz CT molecular complexity index is 251. The largest absolute Gasteiger partial charge is 0.466 e. The predicted molar refractivity (Wildman–Crippen MR) is 73.3 cm³/mol. The lowest BCUT2D eigenvalue weighted by Gasteiger charge is -2.10. The summed E-state index contributed by atoms with van der Waals surface area (Å²) in [4.78, 5) is 22.7. The molecule has 0 amide bonds. The Labute approximate surface area is 120 Å². The van der Waals surface area contributed by atoms with Gasteiger partial charge in [0, 0.05) is 27.1 Å². The summed E-state index contributed by atoms with van der Waals surface area (Å²) in [5, 5.41) is 0. The minimum absolute atomic E-state index is 0.0417. The molecule has 20 heavy (non-hydrogen) atoms. The van der Waals surface area contributed by atoms with E-state index in [1.807, 2.05) is 13.8 Å². The lowest BCUT2D eigenvalue weighted by Crippen LogP contribution is -2.15. The van der Waals surface area contributed by atoms with Crippen LogP contribution >= 0.6 is 0 Å². The average molecular weight is 290 g/mol. The zero-order valence-electron chi connectivity index (χ0n) is 12.8. The number of methoxy groups -OCH3 is 2. The molecule has 0 aromatic heterocycles. The normalized spacial score (nSPS) is 13.6. The van der Waals surface area contributed by atoms with Crippen LogP contribution in [0.15, 0.2) is 0 Å². The summed E-state index contributed by atoms with van der Waals surface area (Å²) in [7, 11) is 3.21. The molecule has 0 heterocycles. The molecular formula is C14H26O6. The van der Waals surface area contributed by atoms with E-state index < -0.39 is 11.9 Å². The number of carbonyl (C=O) groups excluding carboxylic acids is 2. The molecule has 0 aromatic carbocycles. The van der Waals surface area contributed by atoms with Crippen molar-refractivity contribution in [2.75, 3.05) is 27.4 Å². The van der Waals surface area contributed by atoms with Crippen LogP contribution in [0.1, 0.15) is 39.5 Å². The minimum atomic E-state index is -0.393. The van der Waals surface area contributed by atoms with Crippen LogP contribution in [-0.2, 0) is 28.5 Å². The average Bonchev–Trinajstić information content (AvgIpc) is 2.44. The van der Waals surface area contributed by atoms with Crippen molar-refractivity contribution in [3.05, 3.63) is 0 Å². The molecule has 0 aliphatic rings. The molecule has 6 heteroatoms. The van der Waals surface area contributed by atoms with Gasteiger partial charge >= 0.3 is 11.9 Å². The van der Waals surface area contributed by atoms with Crippen molar-refractivity contribution in [2.45, 2.75) is 51.7 Å². The van der Waals surface area contributed by atoms with E-state index in [2.05, 4.69) is 0 Å². The lowest BCUT2D eigenvalue weighted by molar-refractivity contribution is -0.151. The maximum Gasteiger partial charge on any atom is 0.306 e. The van der Waals surface area contributed by atoms with Crippen LogP contribution in [0.3, 0.4) is 0 Å². The Hall–Kier alpha value is -1.14. The molecule has 0 bridgehead atoms. The van der Waals surface area contributed by atoms with Gasteiger partial charge in [0.25, 0.3) is 0 Å². The Morgan fingerprint density at radius 1 is 0.800 bits per heavy atom. The third-order valence-corrected chi connectivity index (χ3v) is 2.91. The maximum absolute atomic E-state index is 11.4. The topological polar surface area (TPSA) is 71.1 Å². The third-order valence-electron chi connectivity index (χ3n) is 2.91. The van der Waals surface area contributed by atoms with Gasteiger partial charge in [-0.3, -0.25) is 9.59 Å². The van der Waals surface area contributed by atoms with Crippen LogP contribution in [0.4, 0.5) is 0 Å². The summed E-state index contributed by atoms with van der Waals surface area (Å²) in [6.07, 6.45) is 1.47. The molecule has 0 aromatic rings. The second-order valence-electron chi connectivity index (χ2n) is 4.61. The number of carbonyl (C=O) groups is 2. The highest BCUT2D eigenvalue weighted by atomic mass is 16.5. The predicted octanol–water partition coefficient (Wildman–Crippen LogP) is 1.70. The Morgan fingerprint density at radius 2 is 1.15 bits per heavy atom. The highest BCUT2D eigenvalue weighted by Gasteiger charge is 2.10. The monoisotopic (exact) mass is 290 g/mol. The maximum atomic E-state index is 11.4. The van der Waals surface area contributed by atoms with Crippen molar-refractivity contribution < 1.29 is 28.5 Å². The zero-order valence-corrected chi connectivity index (χ0v) is 12.8. The summed E-state index contributed by atoms with van der Waals surface area (Å²) >= 11 is 0. The van der Waals surface area contributed by atoms with Crippen molar-refractivity contribution in [1.82, 2.24) is 0 Å². The van der Waals surface area contributed by atoms with E-state index in [4.69, 9.17) is 18.9 Å². The van der Waals surface area contributed by atoms with E-state index in [0.717, 1.165) is 0 Å². The van der Waals surface area contributed by atoms with Gasteiger partial charge in [-0.1, -0.05) is 0 Å². The number of rotatable bonds is 11. The summed E-state index contributed by atoms with van der Waals surface area (Å²) in [5.41, 5.74) is 0. The van der Waals surface area contributed by atoms with Crippen molar-refractivity contribution in [2.24, 2.45) is 0 Å². The number of hydrogen-bond donors (Lipinski definition) is 0. The van der Waals surface area contributed by atoms with Gasteiger partial charge < -0.3 is 18.9 Å². The first-order valence-electron chi connectivity index (χ1n) is 6.86. The summed E-state index contributed by atoms with van der Waals surface area (Å²) in [6, 6.07) is 0. The summed E-state index contributed by atoms with van der Waals surface area (Å²) in [6.45, 7) is 4.39. The van der Waals surface area contributed by atoms with Crippen molar-refractivity contribution in [3.8, 4) is 0 Å². The van der Waals surface area contributed by atoms with Crippen LogP contribution in [0.5, 0.6) is 0 Å². The standard InChI is InChI=1S/C14H26O6/c1-11(17-3)7-9-19-13(15)5-6-14(16)20-10-8-12(2)18-4/h11-12H,5-10H2,1-4H3/t11-,12-/m0/s1. The van der Waals surface area contributed by atoms with Crippen molar-refractivity contribution in [3.63, 3.8) is 0 Å². The molecule has 0 rings (SSSR count). The first-order valence-corrected chi connectivity index (χ1v) is 6.86. The molecule has 0 spiro atoms. The van der Waals surface area contributed by atoms with Crippen molar-refractivity contribution >= 4 is 11.9 Å². The van der Waals surface area contributed by atoms with Gasteiger partial charge in [-0.15, -0.1) is 0 Å². The molecule has 0 saturated carbocycles. The van der Waals surface area contributed by atoms with Crippen LogP contribution in [-0.4, -0.2) is 51.6 Å². The molecule has 0 fully saturated rings. The highest BCUT2D eigenvalue weighted by molar-refractivity contribution is 5.77. The first kappa shape index (κ1) is 18.9. The van der Waals surface area contributed by atoms with Gasteiger partial charge in [0.2, 0.25) is 0 Å². The van der Waals surface area contributed by atoms with Crippen LogP contribution in [0.2, 0.25) is 0 Å².